The first-order valence-corrected chi connectivity index (χ1v) is 7.38. The third-order valence-electron chi connectivity index (χ3n) is 3.21. The third-order valence-corrected chi connectivity index (χ3v) is 3.21. The van der Waals surface area contributed by atoms with Gasteiger partial charge in [-0.2, -0.15) is 0 Å². The van der Waals surface area contributed by atoms with Crippen molar-refractivity contribution >= 4 is 11.9 Å². The fourth-order valence-electron chi connectivity index (χ4n) is 2.24. The van der Waals surface area contributed by atoms with Crippen LogP contribution in [0.5, 0.6) is 11.5 Å². The van der Waals surface area contributed by atoms with E-state index in [2.05, 4.69) is 0 Å². The van der Waals surface area contributed by atoms with Crippen LogP contribution in [0.15, 0.2) is 48.5 Å². The predicted octanol–water partition coefficient (Wildman–Crippen LogP) is 2.74. The lowest BCUT2D eigenvalue weighted by molar-refractivity contribution is -0.137. The van der Waals surface area contributed by atoms with Crippen LogP contribution >= 0.6 is 0 Å². The molecule has 2 rings (SSSR count). The Hall–Kier alpha value is -3.02. The highest BCUT2D eigenvalue weighted by Gasteiger charge is 2.14. The SMILES string of the molecule is CC(Oc1ccccc1CC(=O)O)Oc1ccccc1CC(=O)O. The van der Waals surface area contributed by atoms with Gasteiger partial charge in [0.1, 0.15) is 11.5 Å². The monoisotopic (exact) mass is 330 g/mol. The standard InChI is InChI=1S/C18H18O6/c1-12(23-15-8-4-2-6-13(15)10-17(19)20)24-16-9-5-3-7-14(16)11-18(21)22/h2-9,12H,10-11H2,1H3,(H,19,20)(H,21,22). The van der Waals surface area contributed by atoms with Gasteiger partial charge in [-0.15, -0.1) is 0 Å². The van der Waals surface area contributed by atoms with Crippen molar-refractivity contribution in [2.24, 2.45) is 0 Å². The molecule has 0 spiro atoms. The second-order valence-corrected chi connectivity index (χ2v) is 5.16. The molecular formula is C18H18O6. The van der Waals surface area contributed by atoms with Crippen LogP contribution in [0, 0.1) is 0 Å². The summed E-state index contributed by atoms with van der Waals surface area (Å²) in [5.41, 5.74) is 1.08. The van der Waals surface area contributed by atoms with Crippen molar-refractivity contribution in [3.05, 3.63) is 59.7 Å². The van der Waals surface area contributed by atoms with Crippen molar-refractivity contribution in [1.82, 2.24) is 0 Å². The third kappa shape index (κ3) is 5.01. The minimum absolute atomic E-state index is 0.154. The smallest absolute Gasteiger partial charge is 0.307 e. The van der Waals surface area contributed by atoms with Crippen molar-refractivity contribution < 1.29 is 29.3 Å². The Morgan fingerprint density at radius 3 is 1.58 bits per heavy atom. The van der Waals surface area contributed by atoms with Gasteiger partial charge in [0.2, 0.25) is 6.29 Å². The molecule has 2 N–H and O–H groups in total. The maximum absolute atomic E-state index is 10.9. The molecule has 6 heteroatoms. The zero-order valence-corrected chi connectivity index (χ0v) is 13.1. The summed E-state index contributed by atoms with van der Waals surface area (Å²) >= 11 is 0. The van der Waals surface area contributed by atoms with Crippen molar-refractivity contribution in [3.63, 3.8) is 0 Å². The van der Waals surface area contributed by atoms with Crippen molar-refractivity contribution in [2.45, 2.75) is 26.1 Å². The van der Waals surface area contributed by atoms with E-state index < -0.39 is 18.2 Å². The zero-order valence-electron chi connectivity index (χ0n) is 13.1. The van der Waals surface area contributed by atoms with E-state index in [4.69, 9.17) is 19.7 Å². The van der Waals surface area contributed by atoms with Gasteiger partial charge in [-0.3, -0.25) is 9.59 Å². The van der Waals surface area contributed by atoms with Gasteiger partial charge in [0, 0.05) is 18.1 Å². The average molecular weight is 330 g/mol. The second kappa shape index (κ2) is 8.01. The maximum Gasteiger partial charge on any atom is 0.307 e. The summed E-state index contributed by atoms with van der Waals surface area (Å²) in [5, 5.41) is 17.9. The molecule has 0 aliphatic heterocycles. The highest BCUT2D eigenvalue weighted by atomic mass is 16.7. The Morgan fingerprint density at radius 2 is 1.21 bits per heavy atom. The molecule has 0 amide bonds. The van der Waals surface area contributed by atoms with E-state index in [-0.39, 0.29) is 12.8 Å². The van der Waals surface area contributed by atoms with Gasteiger partial charge in [-0.05, 0) is 12.1 Å². The number of carbonyl (C=O) groups is 2. The first-order chi connectivity index (χ1) is 11.5. The molecule has 0 fully saturated rings. The average Bonchev–Trinajstić information content (AvgIpc) is 2.50. The summed E-state index contributed by atoms with van der Waals surface area (Å²) in [6.45, 7) is 1.66. The first kappa shape index (κ1) is 17.3. The minimum Gasteiger partial charge on any atom is -0.481 e. The molecule has 0 saturated heterocycles. The molecule has 0 unspecified atom stereocenters. The molecule has 0 aliphatic carbocycles. The van der Waals surface area contributed by atoms with E-state index in [1.807, 2.05) is 0 Å². The van der Waals surface area contributed by atoms with Gasteiger partial charge < -0.3 is 19.7 Å². The molecule has 126 valence electrons. The number of hydrogen-bond acceptors (Lipinski definition) is 4. The van der Waals surface area contributed by atoms with Crippen LogP contribution < -0.4 is 9.47 Å². The van der Waals surface area contributed by atoms with Crippen LogP contribution in [-0.2, 0) is 22.4 Å². The Kier molecular flexibility index (Phi) is 5.78. The lowest BCUT2D eigenvalue weighted by Crippen LogP contribution is -2.21. The zero-order chi connectivity index (χ0) is 17.5. The van der Waals surface area contributed by atoms with Crippen LogP contribution in [0.1, 0.15) is 18.1 Å². The summed E-state index contributed by atoms with van der Waals surface area (Å²) < 4.78 is 11.4. The number of benzene rings is 2. The molecule has 6 nitrogen and oxygen atoms in total. The number of carboxylic acids is 2. The van der Waals surface area contributed by atoms with Crippen LogP contribution in [0.25, 0.3) is 0 Å². The lowest BCUT2D eigenvalue weighted by Gasteiger charge is -2.19. The number of rotatable bonds is 8. The lowest BCUT2D eigenvalue weighted by atomic mass is 10.1. The Labute approximate surface area is 139 Å². The van der Waals surface area contributed by atoms with Gasteiger partial charge in [0.15, 0.2) is 0 Å². The van der Waals surface area contributed by atoms with Crippen LogP contribution in [-0.4, -0.2) is 28.4 Å². The Balaban J connectivity index is 2.10. The number of ether oxygens (including phenoxy) is 2. The van der Waals surface area contributed by atoms with Gasteiger partial charge in [0.25, 0.3) is 0 Å². The van der Waals surface area contributed by atoms with Crippen molar-refractivity contribution in [3.8, 4) is 11.5 Å². The summed E-state index contributed by atoms with van der Waals surface area (Å²) in [4.78, 5) is 21.8. The normalized spacial score (nSPS) is 10.4. The summed E-state index contributed by atoms with van der Waals surface area (Å²) in [6.07, 6.45) is -1.02. The topological polar surface area (TPSA) is 93.1 Å². The van der Waals surface area contributed by atoms with Crippen molar-refractivity contribution in [1.29, 1.82) is 0 Å². The van der Waals surface area contributed by atoms with Gasteiger partial charge in [0.05, 0.1) is 12.8 Å². The number of para-hydroxylation sites is 2. The Morgan fingerprint density at radius 1 is 0.833 bits per heavy atom. The summed E-state index contributed by atoms with van der Waals surface area (Å²) in [6, 6.07) is 13.6. The van der Waals surface area contributed by atoms with Crippen LogP contribution in [0.3, 0.4) is 0 Å². The van der Waals surface area contributed by atoms with E-state index in [1.54, 1.807) is 55.5 Å². The van der Waals surface area contributed by atoms with E-state index in [0.29, 0.717) is 22.6 Å². The second-order valence-electron chi connectivity index (χ2n) is 5.16. The van der Waals surface area contributed by atoms with E-state index >= 15 is 0 Å². The van der Waals surface area contributed by atoms with Crippen LogP contribution in [0.4, 0.5) is 0 Å². The highest BCUT2D eigenvalue weighted by molar-refractivity contribution is 5.71. The molecule has 0 aliphatic rings. The number of aliphatic carboxylic acids is 2. The fourth-order valence-corrected chi connectivity index (χ4v) is 2.24. The van der Waals surface area contributed by atoms with Crippen molar-refractivity contribution in [2.75, 3.05) is 0 Å². The van der Waals surface area contributed by atoms with E-state index in [1.165, 1.54) is 0 Å². The minimum atomic E-state index is -0.952. The molecule has 0 atom stereocenters. The predicted molar refractivity (Wildman–Crippen MR) is 86.3 cm³/mol. The van der Waals surface area contributed by atoms with E-state index in [9.17, 15) is 9.59 Å². The highest BCUT2D eigenvalue weighted by Crippen LogP contribution is 2.23. The largest absolute Gasteiger partial charge is 0.481 e. The first-order valence-electron chi connectivity index (χ1n) is 7.38. The fraction of sp³-hybridized carbons (Fsp3) is 0.222. The number of hydrogen-bond donors (Lipinski definition) is 2. The van der Waals surface area contributed by atoms with Gasteiger partial charge >= 0.3 is 11.9 Å². The molecule has 0 aromatic heterocycles. The maximum atomic E-state index is 10.9. The molecule has 24 heavy (non-hydrogen) atoms. The summed E-state index contributed by atoms with van der Waals surface area (Å²) in [5.74, 6) is -1.07. The molecule has 0 heterocycles. The molecule has 2 aromatic carbocycles. The molecule has 0 radical (unpaired) electrons. The van der Waals surface area contributed by atoms with Crippen LogP contribution in [0.2, 0.25) is 0 Å². The summed E-state index contributed by atoms with van der Waals surface area (Å²) in [7, 11) is 0. The molecule has 0 saturated carbocycles. The molecule has 2 aromatic rings. The molecule has 0 bridgehead atoms. The van der Waals surface area contributed by atoms with E-state index in [0.717, 1.165) is 0 Å². The number of carboxylic acid groups (broad SMARTS) is 2. The Bertz CT molecular complexity index is 663. The van der Waals surface area contributed by atoms with Gasteiger partial charge in [-0.25, -0.2) is 0 Å². The quantitative estimate of drug-likeness (QED) is 0.723. The molecular weight excluding hydrogens is 312 g/mol. The van der Waals surface area contributed by atoms with Gasteiger partial charge in [-0.1, -0.05) is 36.4 Å².